The molecule has 15 heteroatoms. The van der Waals surface area contributed by atoms with Crippen LogP contribution in [0.2, 0.25) is 0 Å². The number of nitrogens with zero attached hydrogens (tertiary/aromatic N) is 2. The molecular weight excluding hydrogens is 450 g/mol. The Labute approximate surface area is 166 Å². The molecule has 2 aromatic rings. The van der Waals surface area contributed by atoms with Crippen molar-refractivity contribution in [2.24, 2.45) is 0 Å². The van der Waals surface area contributed by atoms with Crippen LogP contribution >= 0.6 is 11.3 Å². The molecule has 0 aliphatic heterocycles. The number of hydrogen-bond donors (Lipinski definition) is 1. The maximum Gasteiger partial charge on any atom is 0.512 e. The molecule has 0 spiro atoms. The minimum Gasteiger partial charge on any atom is -0.449 e. The molecule has 0 aliphatic carbocycles. The average Bonchev–Trinajstić information content (AvgIpc) is 2.88. The van der Waals surface area contributed by atoms with Gasteiger partial charge in [-0.2, -0.15) is 26.3 Å². The van der Waals surface area contributed by atoms with Gasteiger partial charge in [0.15, 0.2) is 11.2 Å². The molecule has 30 heavy (non-hydrogen) atoms. The summed E-state index contributed by atoms with van der Waals surface area (Å²) >= 11 is 0.422. The predicted octanol–water partition coefficient (Wildman–Crippen LogP) is 3.12. The van der Waals surface area contributed by atoms with Crippen LogP contribution in [-0.2, 0) is 17.8 Å². The van der Waals surface area contributed by atoms with Crippen molar-refractivity contribution in [3.05, 3.63) is 26.4 Å². The van der Waals surface area contributed by atoms with Crippen molar-refractivity contribution in [3.8, 4) is 5.06 Å². The van der Waals surface area contributed by atoms with E-state index in [1.165, 1.54) is 6.92 Å². The second-order valence-electron chi connectivity index (χ2n) is 6.04. The van der Waals surface area contributed by atoms with Crippen LogP contribution in [0.3, 0.4) is 0 Å². The van der Waals surface area contributed by atoms with E-state index in [1.807, 2.05) is 0 Å². The number of alkyl halides is 6. The van der Waals surface area contributed by atoms with E-state index in [0.717, 1.165) is 0 Å². The maximum absolute atomic E-state index is 13.0. The summed E-state index contributed by atoms with van der Waals surface area (Å²) in [4.78, 5) is 35.8. The van der Waals surface area contributed by atoms with Gasteiger partial charge in [0.2, 0.25) is 0 Å². The number of halogens is 6. The Hall–Kier alpha value is -2.55. The fourth-order valence-corrected chi connectivity index (χ4v) is 3.79. The van der Waals surface area contributed by atoms with Gasteiger partial charge in [0.1, 0.15) is 4.83 Å². The van der Waals surface area contributed by atoms with Gasteiger partial charge in [0.25, 0.3) is 5.56 Å². The SMILES string of the molecule is COC(Cn1c(=O)c2c(C)c(OC(=O)O)sc2n(CCC(F)(F)F)c1=O)C(F)(F)F. The van der Waals surface area contributed by atoms with E-state index in [0.29, 0.717) is 23.0 Å². The van der Waals surface area contributed by atoms with Gasteiger partial charge in [-0.05, 0) is 6.92 Å². The van der Waals surface area contributed by atoms with E-state index in [9.17, 15) is 40.7 Å². The summed E-state index contributed by atoms with van der Waals surface area (Å²) in [5, 5.41) is 7.94. The highest BCUT2D eigenvalue weighted by molar-refractivity contribution is 7.20. The summed E-state index contributed by atoms with van der Waals surface area (Å²) in [6, 6.07) is 0. The summed E-state index contributed by atoms with van der Waals surface area (Å²) in [7, 11) is 0.693. The fourth-order valence-electron chi connectivity index (χ4n) is 2.63. The number of ether oxygens (including phenoxy) is 2. The lowest BCUT2D eigenvalue weighted by atomic mass is 10.2. The van der Waals surface area contributed by atoms with Crippen molar-refractivity contribution in [1.29, 1.82) is 0 Å². The smallest absolute Gasteiger partial charge is 0.449 e. The van der Waals surface area contributed by atoms with E-state index < -0.39 is 65.8 Å². The van der Waals surface area contributed by atoms with E-state index in [4.69, 9.17) is 5.11 Å². The quantitative estimate of drug-likeness (QED) is 0.521. The van der Waals surface area contributed by atoms with E-state index in [2.05, 4.69) is 9.47 Å². The normalized spacial score (nSPS) is 13.6. The zero-order valence-electron chi connectivity index (χ0n) is 15.3. The number of fused-ring (bicyclic) bond motifs is 1. The van der Waals surface area contributed by atoms with Crippen LogP contribution in [0.1, 0.15) is 12.0 Å². The van der Waals surface area contributed by atoms with Crippen molar-refractivity contribution in [1.82, 2.24) is 9.13 Å². The van der Waals surface area contributed by atoms with Gasteiger partial charge >= 0.3 is 24.2 Å². The Morgan fingerprint density at radius 3 is 2.23 bits per heavy atom. The summed E-state index contributed by atoms with van der Waals surface area (Å²) in [6.45, 7) is -1.11. The van der Waals surface area contributed by atoms with Crippen LogP contribution in [0.15, 0.2) is 9.59 Å². The van der Waals surface area contributed by atoms with Crippen molar-refractivity contribution >= 4 is 27.7 Å². The number of methoxy groups -OCH3 is 1. The molecule has 0 saturated heterocycles. The molecule has 0 radical (unpaired) electrons. The van der Waals surface area contributed by atoms with E-state index in [-0.39, 0.29) is 15.0 Å². The molecule has 2 rings (SSSR count). The molecule has 8 nitrogen and oxygen atoms in total. The van der Waals surface area contributed by atoms with Gasteiger partial charge in [-0.3, -0.25) is 13.9 Å². The topological polar surface area (TPSA) is 99.8 Å². The highest BCUT2D eigenvalue weighted by atomic mass is 32.1. The first kappa shape index (κ1) is 23.7. The molecule has 0 aromatic carbocycles. The van der Waals surface area contributed by atoms with Gasteiger partial charge in [0.05, 0.1) is 18.4 Å². The Morgan fingerprint density at radius 2 is 1.77 bits per heavy atom. The monoisotopic (exact) mass is 464 g/mol. The first-order valence-electron chi connectivity index (χ1n) is 8.01. The maximum atomic E-state index is 13.0. The molecule has 168 valence electrons. The Morgan fingerprint density at radius 1 is 1.17 bits per heavy atom. The fraction of sp³-hybridized carbons (Fsp3) is 0.533. The highest BCUT2D eigenvalue weighted by Gasteiger charge is 2.41. The highest BCUT2D eigenvalue weighted by Crippen LogP contribution is 2.35. The lowest BCUT2D eigenvalue weighted by molar-refractivity contribution is -0.216. The van der Waals surface area contributed by atoms with Gasteiger partial charge in [-0.1, -0.05) is 11.3 Å². The third kappa shape index (κ3) is 4.95. The van der Waals surface area contributed by atoms with Crippen molar-refractivity contribution in [2.45, 2.75) is 44.9 Å². The van der Waals surface area contributed by atoms with Crippen LogP contribution in [-0.4, -0.2) is 46.0 Å². The molecule has 0 aliphatic rings. The van der Waals surface area contributed by atoms with E-state index in [1.54, 1.807) is 0 Å². The largest absolute Gasteiger partial charge is 0.512 e. The zero-order chi connectivity index (χ0) is 23.0. The summed E-state index contributed by atoms with van der Waals surface area (Å²) in [5.41, 5.74) is -2.80. The standard InChI is InChI=1S/C15H14F6N2O6S/c1-6-8-9(24)23(5-7(28-2)15(19,20)21)12(25)22(4-3-14(16,17)18)10(8)30-11(6)29-13(26)27/h7H,3-5H2,1-2H3,(H,26,27). The number of hydrogen-bond acceptors (Lipinski definition) is 6. The average molecular weight is 464 g/mol. The van der Waals surface area contributed by atoms with Gasteiger partial charge in [-0.25, -0.2) is 9.59 Å². The van der Waals surface area contributed by atoms with Crippen LogP contribution in [0.25, 0.3) is 10.2 Å². The van der Waals surface area contributed by atoms with Gasteiger partial charge in [-0.15, -0.1) is 0 Å². The first-order valence-corrected chi connectivity index (χ1v) is 8.82. The number of aromatic nitrogens is 2. The van der Waals surface area contributed by atoms with Crippen molar-refractivity contribution in [2.75, 3.05) is 7.11 Å². The summed E-state index contributed by atoms with van der Waals surface area (Å²) in [5.74, 6) is 0. The van der Waals surface area contributed by atoms with Gasteiger partial charge < -0.3 is 14.6 Å². The molecule has 0 amide bonds. The Balaban J connectivity index is 2.78. The summed E-state index contributed by atoms with van der Waals surface area (Å²) in [6.07, 6.45) is -15.6. The first-order chi connectivity index (χ1) is 13.7. The van der Waals surface area contributed by atoms with Crippen molar-refractivity contribution < 1.29 is 45.7 Å². The molecule has 0 saturated carbocycles. The lowest BCUT2D eigenvalue weighted by Crippen LogP contribution is -2.46. The second kappa shape index (κ2) is 8.29. The number of aryl methyl sites for hydroxylation is 2. The predicted molar refractivity (Wildman–Crippen MR) is 91.3 cm³/mol. The van der Waals surface area contributed by atoms with Crippen LogP contribution in [0.4, 0.5) is 31.1 Å². The molecular formula is C15H14F6N2O6S. The Bertz CT molecular complexity index is 1070. The third-order valence-electron chi connectivity index (χ3n) is 4.05. The van der Waals surface area contributed by atoms with Gasteiger partial charge in [0, 0.05) is 19.2 Å². The van der Waals surface area contributed by atoms with E-state index >= 15 is 0 Å². The van der Waals surface area contributed by atoms with Crippen LogP contribution < -0.4 is 16.0 Å². The lowest BCUT2D eigenvalue weighted by Gasteiger charge is -2.20. The van der Waals surface area contributed by atoms with Crippen molar-refractivity contribution in [3.63, 3.8) is 0 Å². The number of carboxylic acid groups (broad SMARTS) is 1. The molecule has 0 bridgehead atoms. The molecule has 0 fully saturated rings. The number of carbonyl (C=O) groups is 1. The molecule has 1 atom stereocenters. The second-order valence-corrected chi connectivity index (χ2v) is 7.01. The minimum atomic E-state index is -4.96. The van der Waals surface area contributed by atoms with Crippen LogP contribution in [0.5, 0.6) is 5.06 Å². The zero-order valence-corrected chi connectivity index (χ0v) is 16.1. The molecule has 1 N–H and O–H groups in total. The molecule has 1 unspecified atom stereocenters. The number of thiophene rings is 1. The minimum absolute atomic E-state index is 0.116. The molecule has 2 aromatic heterocycles. The number of rotatable bonds is 6. The Kier molecular flexibility index (Phi) is 6.56. The third-order valence-corrected chi connectivity index (χ3v) is 5.24. The summed E-state index contributed by atoms with van der Waals surface area (Å²) < 4.78 is 86.5. The van der Waals surface area contributed by atoms with Crippen LogP contribution in [0, 0.1) is 6.92 Å². The molecule has 2 heterocycles.